The van der Waals surface area contributed by atoms with Gasteiger partial charge in [0.05, 0.1) is 11.1 Å². The van der Waals surface area contributed by atoms with E-state index in [0.717, 1.165) is 37.3 Å². The monoisotopic (exact) mass is 311 g/mol. The Morgan fingerprint density at radius 3 is 2.70 bits per heavy atom. The van der Waals surface area contributed by atoms with Gasteiger partial charge in [-0.2, -0.15) is 5.26 Å². The number of nitriles is 1. The lowest BCUT2D eigenvalue weighted by molar-refractivity contribution is 0.0733. The molecule has 2 rings (SSSR count). The third-order valence-corrected chi connectivity index (χ3v) is 3.56. The minimum Gasteiger partial charge on any atom is -0.423 e. The molecular weight excluding hydrogens is 293 g/mol. The van der Waals surface area contributed by atoms with Crippen molar-refractivity contribution >= 4 is 5.97 Å². The highest BCUT2D eigenvalue weighted by Crippen LogP contribution is 2.19. The van der Waals surface area contributed by atoms with Crippen LogP contribution in [0.25, 0.3) is 0 Å². The lowest BCUT2D eigenvalue weighted by atomic mass is 10.0. The van der Waals surface area contributed by atoms with Gasteiger partial charge in [0.25, 0.3) is 0 Å². The first-order valence-electron chi connectivity index (χ1n) is 7.65. The number of carbonyl (C=O) groups excluding carboxylic acids is 1. The van der Waals surface area contributed by atoms with Crippen molar-refractivity contribution in [2.24, 2.45) is 0 Å². The summed E-state index contributed by atoms with van der Waals surface area (Å²) < 4.78 is 18.8. The average molecular weight is 311 g/mol. The third kappa shape index (κ3) is 4.40. The maximum Gasteiger partial charge on any atom is 0.343 e. The molecule has 0 unspecified atom stereocenters. The molecule has 0 aliphatic carbocycles. The minimum absolute atomic E-state index is 0.0789. The Bertz CT molecular complexity index is 734. The predicted octanol–water partition coefficient (Wildman–Crippen LogP) is 4.65. The van der Waals surface area contributed by atoms with Gasteiger partial charge in [-0.15, -0.1) is 0 Å². The summed E-state index contributed by atoms with van der Waals surface area (Å²) in [5.41, 5.74) is 1.35. The molecule has 0 fully saturated rings. The normalized spacial score (nSPS) is 10.1. The summed E-state index contributed by atoms with van der Waals surface area (Å²) in [6, 6.07) is 12.8. The Kier molecular flexibility index (Phi) is 5.87. The molecule has 0 saturated heterocycles. The standard InChI is InChI=1S/C19H18FNO2/c1-2-3-4-7-14-8-5-6-9-17(14)19(22)23-16-11-10-15(13-21)18(20)12-16/h5-6,8-12H,2-4,7H2,1H3. The number of ether oxygens (including phenoxy) is 1. The number of halogens is 1. The van der Waals surface area contributed by atoms with Gasteiger partial charge in [0.1, 0.15) is 17.6 Å². The van der Waals surface area contributed by atoms with Gasteiger partial charge < -0.3 is 4.74 Å². The van der Waals surface area contributed by atoms with Crippen molar-refractivity contribution in [2.75, 3.05) is 0 Å². The first-order chi connectivity index (χ1) is 11.2. The quantitative estimate of drug-likeness (QED) is 0.443. The number of rotatable bonds is 6. The van der Waals surface area contributed by atoms with Crippen molar-refractivity contribution in [2.45, 2.75) is 32.6 Å². The van der Waals surface area contributed by atoms with E-state index in [9.17, 15) is 9.18 Å². The van der Waals surface area contributed by atoms with Crippen LogP contribution in [0.3, 0.4) is 0 Å². The fourth-order valence-electron chi connectivity index (χ4n) is 2.31. The van der Waals surface area contributed by atoms with Crippen LogP contribution in [0, 0.1) is 17.1 Å². The summed E-state index contributed by atoms with van der Waals surface area (Å²) in [7, 11) is 0. The third-order valence-electron chi connectivity index (χ3n) is 3.56. The molecule has 3 nitrogen and oxygen atoms in total. The molecule has 0 atom stereocenters. The van der Waals surface area contributed by atoms with E-state index < -0.39 is 11.8 Å². The molecule has 0 bridgehead atoms. The van der Waals surface area contributed by atoms with Crippen molar-refractivity contribution in [3.8, 4) is 11.8 Å². The number of esters is 1. The highest BCUT2D eigenvalue weighted by Gasteiger charge is 2.14. The van der Waals surface area contributed by atoms with Gasteiger partial charge in [-0.05, 0) is 36.6 Å². The number of carbonyl (C=O) groups is 1. The van der Waals surface area contributed by atoms with E-state index in [1.54, 1.807) is 18.2 Å². The van der Waals surface area contributed by atoms with Gasteiger partial charge in [-0.1, -0.05) is 38.0 Å². The summed E-state index contributed by atoms with van der Waals surface area (Å²) in [4.78, 5) is 12.3. The van der Waals surface area contributed by atoms with E-state index in [2.05, 4.69) is 6.92 Å². The SMILES string of the molecule is CCCCCc1ccccc1C(=O)Oc1ccc(C#N)c(F)c1. The Morgan fingerprint density at radius 2 is 2.00 bits per heavy atom. The molecule has 0 aliphatic heterocycles. The molecule has 0 amide bonds. The highest BCUT2D eigenvalue weighted by molar-refractivity contribution is 5.92. The van der Waals surface area contributed by atoms with Crippen molar-refractivity contribution in [3.63, 3.8) is 0 Å². The minimum atomic E-state index is -0.700. The molecule has 2 aromatic carbocycles. The van der Waals surface area contributed by atoms with Gasteiger partial charge in [-0.25, -0.2) is 9.18 Å². The lowest BCUT2D eigenvalue weighted by Gasteiger charge is -2.09. The molecule has 23 heavy (non-hydrogen) atoms. The van der Waals surface area contributed by atoms with Gasteiger partial charge in [0.2, 0.25) is 0 Å². The topological polar surface area (TPSA) is 50.1 Å². The maximum atomic E-state index is 13.6. The second-order valence-corrected chi connectivity index (χ2v) is 5.26. The lowest BCUT2D eigenvalue weighted by Crippen LogP contribution is -2.11. The first kappa shape index (κ1) is 16.7. The molecule has 0 radical (unpaired) electrons. The summed E-state index contributed by atoms with van der Waals surface area (Å²) >= 11 is 0. The van der Waals surface area contributed by atoms with E-state index in [0.29, 0.717) is 5.56 Å². The largest absolute Gasteiger partial charge is 0.423 e. The fourth-order valence-corrected chi connectivity index (χ4v) is 2.31. The number of hydrogen-bond acceptors (Lipinski definition) is 3. The Morgan fingerprint density at radius 1 is 1.22 bits per heavy atom. The second-order valence-electron chi connectivity index (χ2n) is 5.26. The molecule has 118 valence electrons. The number of benzene rings is 2. The molecule has 0 spiro atoms. The van der Waals surface area contributed by atoms with Crippen LogP contribution < -0.4 is 4.74 Å². The van der Waals surface area contributed by atoms with E-state index in [-0.39, 0.29) is 11.3 Å². The van der Waals surface area contributed by atoms with Gasteiger partial charge in [-0.3, -0.25) is 0 Å². The van der Waals surface area contributed by atoms with Crippen molar-refractivity contribution in [1.29, 1.82) is 5.26 Å². The van der Waals surface area contributed by atoms with Crippen LogP contribution in [-0.2, 0) is 6.42 Å². The average Bonchev–Trinajstić information content (AvgIpc) is 2.55. The molecular formula is C19H18FNO2. The molecule has 0 N–H and O–H groups in total. The molecule has 0 aliphatic rings. The van der Waals surface area contributed by atoms with Crippen molar-refractivity contribution < 1.29 is 13.9 Å². The van der Waals surface area contributed by atoms with E-state index >= 15 is 0 Å². The molecule has 4 heteroatoms. The smallest absolute Gasteiger partial charge is 0.343 e. The van der Waals surface area contributed by atoms with Crippen LogP contribution in [0.1, 0.15) is 47.7 Å². The van der Waals surface area contributed by atoms with E-state index in [1.165, 1.54) is 12.1 Å². The Hall–Kier alpha value is -2.67. The molecule has 0 heterocycles. The van der Waals surface area contributed by atoms with Gasteiger partial charge in [0.15, 0.2) is 0 Å². The number of hydrogen-bond donors (Lipinski definition) is 0. The zero-order valence-electron chi connectivity index (χ0n) is 13.0. The van der Waals surface area contributed by atoms with Crippen LogP contribution in [0.4, 0.5) is 4.39 Å². The van der Waals surface area contributed by atoms with Crippen LogP contribution in [0.15, 0.2) is 42.5 Å². The molecule has 2 aromatic rings. The zero-order valence-corrected chi connectivity index (χ0v) is 13.0. The van der Waals surface area contributed by atoms with Gasteiger partial charge in [0, 0.05) is 6.07 Å². The van der Waals surface area contributed by atoms with Crippen molar-refractivity contribution in [1.82, 2.24) is 0 Å². The van der Waals surface area contributed by atoms with E-state index in [1.807, 2.05) is 12.1 Å². The Labute approximate surface area is 135 Å². The maximum absolute atomic E-state index is 13.6. The van der Waals surface area contributed by atoms with Crippen molar-refractivity contribution in [3.05, 3.63) is 65.0 Å². The van der Waals surface area contributed by atoms with Crippen LogP contribution >= 0.6 is 0 Å². The predicted molar refractivity (Wildman–Crippen MR) is 85.7 cm³/mol. The molecule has 0 aromatic heterocycles. The summed E-state index contributed by atoms with van der Waals surface area (Å²) in [5.74, 6) is -1.12. The van der Waals surface area contributed by atoms with Crippen LogP contribution in [0.2, 0.25) is 0 Å². The second kappa shape index (κ2) is 8.09. The summed E-state index contributed by atoms with van der Waals surface area (Å²) in [6.07, 6.45) is 4.02. The Balaban J connectivity index is 2.14. The summed E-state index contributed by atoms with van der Waals surface area (Å²) in [6.45, 7) is 2.12. The molecule has 0 saturated carbocycles. The number of nitrogens with zero attached hydrogens (tertiary/aromatic N) is 1. The number of unbranched alkanes of at least 4 members (excludes halogenated alkanes) is 2. The van der Waals surface area contributed by atoms with Crippen LogP contribution in [0.5, 0.6) is 5.75 Å². The van der Waals surface area contributed by atoms with Crippen LogP contribution in [-0.4, -0.2) is 5.97 Å². The number of aryl methyl sites for hydroxylation is 1. The zero-order chi connectivity index (χ0) is 16.7. The highest BCUT2D eigenvalue weighted by atomic mass is 19.1. The first-order valence-corrected chi connectivity index (χ1v) is 7.65. The fraction of sp³-hybridized carbons (Fsp3) is 0.263. The summed E-state index contributed by atoms with van der Waals surface area (Å²) in [5, 5.41) is 8.71. The van der Waals surface area contributed by atoms with Gasteiger partial charge >= 0.3 is 5.97 Å². The van der Waals surface area contributed by atoms with E-state index in [4.69, 9.17) is 10.00 Å².